The Morgan fingerprint density at radius 3 is 2.59 bits per heavy atom. The van der Waals surface area contributed by atoms with Crippen LogP contribution in [0.1, 0.15) is 23.2 Å². The Morgan fingerprint density at radius 1 is 1.11 bits per heavy atom. The molecular weight excluding hydrogens is 341 g/mol. The third kappa shape index (κ3) is 3.55. The smallest absolute Gasteiger partial charge is 0.260 e. The number of benzene rings is 2. The van der Waals surface area contributed by atoms with Gasteiger partial charge in [0.25, 0.3) is 5.91 Å². The van der Waals surface area contributed by atoms with Gasteiger partial charge < -0.3 is 9.80 Å². The Bertz CT molecular complexity index is 952. The van der Waals surface area contributed by atoms with Gasteiger partial charge in [-0.1, -0.05) is 30.3 Å². The topological polar surface area (TPSA) is 36.4 Å². The van der Waals surface area contributed by atoms with Crippen molar-refractivity contribution in [2.24, 2.45) is 0 Å². The maximum Gasteiger partial charge on any atom is 0.260 e. The molecule has 0 bridgehead atoms. The van der Waals surface area contributed by atoms with E-state index in [1.807, 2.05) is 35.2 Å². The number of nitrogens with zero attached hydrogens (tertiary/aromatic N) is 3. The van der Waals surface area contributed by atoms with Gasteiger partial charge in [-0.2, -0.15) is 0 Å². The van der Waals surface area contributed by atoms with E-state index < -0.39 is 0 Å². The standard InChI is InChI=1S/C22H22FN3O/c1-25-12-10-19(11-13-25)26(18-7-3-2-4-8-18)22(27)17-14-16-6-5-9-20(23)21(16)24-15-17/h2-9,14-15,19H,10-13H2,1H3. The van der Waals surface area contributed by atoms with Crippen molar-refractivity contribution in [2.75, 3.05) is 25.0 Å². The van der Waals surface area contributed by atoms with Crippen molar-refractivity contribution in [1.82, 2.24) is 9.88 Å². The average molecular weight is 363 g/mol. The molecule has 2 aromatic carbocycles. The molecule has 0 spiro atoms. The van der Waals surface area contributed by atoms with Gasteiger partial charge in [-0.3, -0.25) is 9.78 Å². The van der Waals surface area contributed by atoms with E-state index in [0.29, 0.717) is 16.5 Å². The number of carbonyl (C=O) groups is 1. The molecule has 1 aromatic heterocycles. The van der Waals surface area contributed by atoms with Crippen molar-refractivity contribution >= 4 is 22.5 Å². The normalized spacial score (nSPS) is 15.8. The van der Waals surface area contributed by atoms with Crippen LogP contribution in [0.2, 0.25) is 0 Å². The van der Waals surface area contributed by atoms with Crippen LogP contribution in [0.25, 0.3) is 10.9 Å². The lowest BCUT2D eigenvalue weighted by molar-refractivity contribution is 0.0963. The van der Waals surface area contributed by atoms with Crippen molar-refractivity contribution in [2.45, 2.75) is 18.9 Å². The number of aromatic nitrogens is 1. The first-order chi connectivity index (χ1) is 13.1. The molecule has 138 valence electrons. The summed E-state index contributed by atoms with van der Waals surface area (Å²) in [5, 5.41) is 0.636. The minimum Gasteiger partial charge on any atom is -0.306 e. The number of halogens is 1. The zero-order valence-electron chi connectivity index (χ0n) is 15.3. The maximum absolute atomic E-state index is 13.9. The summed E-state index contributed by atoms with van der Waals surface area (Å²) >= 11 is 0. The molecule has 2 heterocycles. The first kappa shape index (κ1) is 17.6. The van der Waals surface area contributed by atoms with E-state index in [9.17, 15) is 9.18 Å². The summed E-state index contributed by atoms with van der Waals surface area (Å²) in [6.07, 6.45) is 3.33. The molecular formula is C22H22FN3O. The molecule has 0 saturated carbocycles. The van der Waals surface area contributed by atoms with E-state index in [0.717, 1.165) is 31.6 Å². The Kier molecular flexibility index (Phi) is 4.86. The second-order valence-corrected chi connectivity index (χ2v) is 7.08. The van der Waals surface area contributed by atoms with E-state index in [-0.39, 0.29) is 17.8 Å². The average Bonchev–Trinajstić information content (AvgIpc) is 2.70. The van der Waals surface area contributed by atoms with Gasteiger partial charge >= 0.3 is 0 Å². The lowest BCUT2D eigenvalue weighted by Gasteiger charge is -2.37. The molecule has 4 nitrogen and oxygen atoms in total. The van der Waals surface area contributed by atoms with Gasteiger partial charge in [0.15, 0.2) is 0 Å². The lowest BCUT2D eigenvalue weighted by Crippen LogP contribution is -2.46. The molecule has 0 atom stereocenters. The van der Waals surface area contributed by atoms with E-state index in [2.05, 4.69) is 16.9 Å². The first-order valence-corrected chi connectivity index (χ1v) is 9.25. The lowest BCUT2D eigenvalue weighted by atomic mass is 10.0. The van der Waals surface area contributed by atoms with Crippen molar-refractivity contribution in [1.29, 1.82) is 0 Å². The van der Waals surface area contributed by atoms with Gasteiger partial charge in [0.2, 0.25) is 0 Å². The number of piperidine rings is 1. The van der Waals surface area contributed by atoms with Crippen LogP contribution < -0.4 is 4.90 Å². The fourth-order valence-electron chi connectivity index (χ4n) is 3.72. The summed E-state index contributed by atoms with van der Waals surface area (Å²) < 4.78 is 13.9. The molecule has 1 amide bonds. The highest BCUT2D eigenvalue weighted by molar-refractivity contribution is 6.07. The first-order valence-electron chi connectivity index (χ1n) is 9.25. The largest absolute Gasteiger partial charge is 0.306 e. The zero-order valence-corrected chi connectivity index (χ0v) is 15.3. The quantitative estimate of drug-likeness (QED) is 0.702. The highest BCUT2D eigenvalue weighted by Crippen LogP contribution is 2.26. The number of likely N-dealkylation sites (tertiary alicyclic amines) is 1. The molecule has 1 aliphatic rings. The Balaban J connectivity index is 1.72. The second-order valence-electron chi connectivity index (χ2n) is 7.08. The highest BCUT2D eigenvalue weighted by atomic mass is 19.1. The molecule has 5 heteroatoms. The number of amides is 1. The molecule has 3 aromatic rings. The van der Waals surface area contributed by atoms with Gasteiger partial charge in [-0.15, -0.1) is 0 Å². The molecule has 0 aliphatic carbocycles. The number of hydrogen-bond acceptors (Lipinski definition) is 3. The summed E-state index contributed by atoms with van der Waals surface area (Å²) in [5.74, 6) is -0.462. The van der Waals surface area contributed by atoms with Gasteiger partial charge in [0, 0.05) is 23.3 Å². The van der Waals surface area contributed by atoms with Crippen LogP contribution in [0.4, 0.5) is 10.1 Å². The van der Waals surface area contributed by atoms with E-state index in [1.165, 1.54) is 12.3 Å². The third-order valence-electron chi connectivity index (χ3n) is 5.22. The summed E-state index contributed by atoms with van der Waals surface area (Å²) in [6, 6.07) is 16.4. The van der Waals surface area contributed by atoms with E-state index >= 15 is 0 Å². The van der Waals surface area contributed by atoms with Crippen molar-refractivity contribution < 1.29 is 9.18 Å². The Labute approximate surface area is 158 Å². The molecule has 27 heavy (non-hydrogen) atoms. The van der Waals surface area contributed by atoms with Crippen LogP contribution in [0.5, 0.6) is 0 Å². The van der Waals surface area contributed by atoms with E-state index in [1.54, 1.807) is 18.2 Å². The number of pyridine rings is 1. The molecule has 0 unspecified atom stereocenters. The number of carbonyl (C=O) groups excluding carboxylic acids is 1. The number of fused-ring (bicyclic) bond motifs is 1. The third-order valence-corrected chi connectivity index (χ3v) is 5.22. The summed E-state index contributed by atoms with van der Waals surface area (Å²) in [7, 11) is 2.10. The van der Waals surface area contributed by atoms with Crippen LogP contribution in [-0.2, 0) is 0 Å². The van der Waals surface area contributed by atoms with Crippen molar-refractivity contribution in [3.05, 3.63) is 72.2 Å². The fourth-order valence-corrected chi connectivity index (χ4v) is 3.72. The molecule has 1 saturated heterocycles. The molecule has 0 N–H and O–H groups in total. The van der Waals surface area contributed by atoms with Gasteiger partial charge in [-0.05, 0) is 57.2 Å². The zero-order chi connectivity index (χ0) is 18.8. The van der Waals surface area contributed by atoms with Gasteiger partial charge in [0.1, 0.15) is 11.3 Å². The van der Waals surface area contributed by atoms with Gasteiger partial charge in [0.05, 0.1) is 5.56 Å². The molecule has 1 fully saturated rings. The number of hydrogen-bond donors (Lipinski definition) is 0. The van der Waals surface area contributed by atoms with Crippen LogP contribution in [-0.4, -0.2) is 42.0 Å². The monoisotopic (exact) mass is 363 g/mol. The Morgan fingerprint density at radius 2 is 1.85 bits per heavy atom. The van der Waals surface area contributed by atoms with Crippen molar-refractivity contribution in [3.8, 4) is 0 Å². The van der Waals surface area contributed by atoms with Crippen LogP contribution in [0, 0.1) is 5.82 Å². The molecule has 4 rings (SSSR count). The number of para-hydroxylation sites is 2. The summed E-state index contributed by atoms with van der Waals surface area (Å²) in [4.78, 5) is 21.8. The Hall–Kier alpha value is -2.79. The number of rotatable bonds is 3. The minimum atomic E-state index is -0.373. The predicted molar refractivity (Wildman–Crippen MR) is 105 cm³/mol. The maximum atomic E-state index is 13.9. The van der Waals surface area contributed by atoms with Crippen LogP contribution in [0.15, 0.2) is 60.8 Å². The fraction of sp³-hybridized carbons (Fsp3) is 0.273. The predicted octanol–water partition coefficient (Wildman–Crippen LogP) is 4.11. The number of anilines is 1. The second kappa shape index (κ2) is 7.45. The molecule has 0 radical (unpaired) electrons. The van der Waals surface area contributed by atoms with E-state index in [4.69, 9.17) is 0 Å². The van der Waals surface area contributed by atoms with Crippen LogP contribution in [0.3, 0.4) is 0 Å². The minimum absolute atomic E-state index is 0.0885. The van der Waals surface area contributed by atoms with Crippen molar-refractivity contribution in [3.63, 3.8) is 0 Å². The summed E-state index contributed by atoms with van der Waals surface area (Å²) in [6.45, 7) is 1.92. The molecule has 1 aliphatic heterocycles. The van der Waals surface area contributed by atoms with Gasteiger partial charge in [-0.25, -0.2) is 4.39 Å². The summed E-state index contributed by atoms with van der Waals surface area (Å²) in [5.41, 5.74) is 1.66. The highest BCUT2D eigenvalue weighted by Gasteiger charge is 2.29. The van der Waals surface area contributed by atoms with Crippen LogP contribution >= 0.6 is 0 Å². The SMILES string of the molecule is CN1CCC(N(C(=O)c2cnc3c(F)cccc3c2)c2ccccc2)CC1.